The van der Waals surface area contributed by atoms with Crippen LogP contribution in [0, 0.1) is 6.92 Å². The fourth-order valence-corrected chi connectivity index (χ4v) is 1.84. The SMILES string of the molecule is COc1ccccc1NC(C)=Nc1ccccc1C. The number of anilines is 1. The molecule has 3 nitrogen and oxygen atoms in total. The summed E-state index contributed by atoms with van der Waals surface area (Å²) in [4.78, 5) is 4.58. The van der Waals surface area contributed by atoms with E-state index in [4.69, 9.17) is 4.74 Å². The van der Waals surface area contributed by atoms with Gasteiger partial charge in [0.1, 0.15) is 11.6 Å². The second-order valence-electron chi connectivity index (χ2n) is 4.31. The summed E-state index contributed by atoms with van der Waals surface area (Å²) >= 11 is 0. The Balaban J connectivity index is 2.21. The summed E-state index contributed by atoms with van der Waals surface area (Å²) in [7, 11) is 1.66. The van der Waals surface area contributed by atoms with Crippen molar-refractivity contribution < 1.29 is 4.74 Å². The van der Waals surface area contributed by atoms with Crippen molar-refractivity contribution in [3.05, 3.63) is 54.1 Å². The predicted octanol–water partition coefficient (Wildman–Crippen LogP) is 4.17. The van der Waals surface area contributed by atoms with E-state index in [-0.39, 0.29) is 0 Å². The molecule has 0 aliphatic rings. The standard InChI is InChI=1S/C16H18N2O/c1-12-8-4-5-9-14(12)17-13(2)18-15-10-6-7-11-16(15)19-3/h4-11H,1-3H3,(H,17,18). The van der Waals surface area contributed by atoms with Crippen molar-refractivity contribution in [1.82, 2.24) is 0 Å². The van der Waals surface area contributed by atoms with Crippen LogP contribution in [0.25, 0.3) is 0 Å². The van der Waals surface area contributed by atoms with Crippen LogP contribution >= 0.6 is 0 Å². The summed E-state index contributed by atoms with van der Waals surface area (Å²) in [6, 6.07) is 15.8. The summed E-state index contributed by atoms with van der Waals surface area (Å²) in [5.41, 5.74) is 3.05. The Bertz CT molecular complexity index is 591. The first-order valence-corrected chi connectivity index (χ1v) is 6.21. The van der Waals surface area contributed by atoms with Crippen molar-refractivity contribution in [2.75, 3.05) is 12.4 Å². The summed E-state index contributed by atoms with van der Waals surface area (Å²) in [6.45, 7) is 3.99. The number of para-hydroxylation sites is 3. The van der Waals surface area contributed by atoms with E-state index in [9.17, 15) is 0 Å². The Morgan fingerprint density at radius 1 is 1.05 bits per heavy atom. The van der Waals surface area contributed by atoms with Crippen LogP contribution in [0.1, 0.15) is 12.5 Å². The lowest BCUT2D eigenvalue weighted by atomic mass is 10.2. The highest BCUT2D eigenvalue weighted by atomic mass is 16.5. The molecule has 1 N–H and O–H groups in total. The van der Waals surface area contributed by atoms with Gasteiger partial charge in [-0.1, -0.05) is 30.3 Å². The van der Waals surface area contributed by atoms with Gasteiger partial charge in [-0.25, -0.2) is 4.99 Å². The number of nitrogens with one attached hydrogen (secondary N) is 1. The number of amidine groups is 1. The molecule has 0 heterocycles. The van der Waals surface area contributed by atoms with Crippen molar-refractivity contribution in [2.45, 2.75) is 13.8 Å². The van der Waals surface area contributed by atoms with Gasteiger partial charge in [0.25, 0.3) is 0 Å². The molecule has 2 aromatic rings. The van der Waals surface area contributed by atoms with E-state index in [0.717, 1.165) is 28.5 Å². The van der Waals surface area contributed by atoms with Crippen molar-refractivity contribution in [1.29, 1.82) is 0 Å². The average molecular weight is 254 g/mol. The van der Waals surface area contributed by atoms with E-state index in [1.165, 1.54) is 0 Å². The summed E-state index contributed by atoms with van der Waals surface area (Å²) in [6.07, 6.45) is 0. The van der Waals surface area contributed by atoms with E-state index < -0.39 is 0 Å². The molecule has 2 aromatic carbocycles. The predicted molar refractivity (Wildman–Crippen MR) is 80.6 cm³/mol. The van der Waals surface area contributed by atoms with E-state index in [1.54, 1.807) is 7.11 Å². The number of nitrogens with zero attached hydrogens (tertiary/aromatic N) is 1. The Hall–Kier alpha value is -2.29. The monoisotopic (exact) mass is 254 g/mol. The van der Waals surface area contributed by atoms with E-state index in [2.05, 4.69) is 23.3 Å². The fraction of sp³-hybridized carbons (Fsp3) is 0.188. The molecule has 0 aromatic heterocycles. The molecular formula is C16H18N2O. The van der Waals surface area contributed by atoms with Gasteiger partial charge in [-0.2, -0.15) is 0 Å². The van der Waals surface area contributed by atoms with Gasteiger partial charge in [0.15, 0.2) is 0 Å². The van der Waals surface area contributed by atoms with E-state index in [1.807, 2.05) is 49.4 Å². The van der Waals surface area contributed by atoms with Gasteiger partial charge in [0.05, 0.1) is 18.5 Å². The van der Waals surface area contributed by atoms with Crippen LogP contribution < -0.4 is 10.1 Å². The van der Waals surface area contributed by atoms with Gasteiger partial charge in [-0.05, 0) is 37.6 Å². The number of aryl methyl sites for hydroxylation is 1. The zero-order valence-electron chi connectivity index (χ0n) is 11.5. The van der Waals surface area contributed by atoms with Crippen LogP contribution in [0.5, 0.6) is 5.75 Å². The summed E-state index contributed by atoms with van der Waals surface area (Å²) < 4.78 is 5.30. The van der Waals surface area contributed by atoms with Crippen LogP contribution in [0.3, 0.4) is 0 Å². The number of rotatable bonds is 3. The minimum atomic E-state index is 0.807. The quantitative estimate of drug-likeness (QED) is 0.659. The van der Waals surface area contributed by atoms with Gasteiger partial charge in [0.2, 0.25) is 0 Å². The van der Waals surface area contributed by atoms with Gasteiger partial charge < -0.3 is 10.1 Å². The molecule has 19 heavy (non-hydrogen) atoms. The van der Waals surface area contributed by atoms with Crippen molar-refractivity contribution in [3.63, 3.8) is 0 Å². The zero-order valence-corrected chi connectivity index (χ0v) is 11.5. The van der Waals surface area contributed by atoms with Gasteiger partial charge >= 0.3 is 0 Å². The number of methoxy groups -OCH3 is 1. The van der Waals surface area contributed by atoms with Gasteiger partial charge in [-0.3, -0.25) is 0 Å². The molecule has 0 bridgehead atoms. The normalized spacial score (nSPS) is 11.2. The minimum Gasteiger partial charge on any atom is -0.495 e. The topological polar surface area (TPSA) is 33.6 Å². The van der Waals surface area contributed by atoms with E-state index in [0.29, 0.717) is 0 Å². The number of aliphatic imine (C=N–C) groups is 1. The Morgan fingerprint density at radius 3 is 2.47 bits per heavy atom. The largest absolute Gasteiger partial charge is 0.495 e. The lowest BCUT2D eigenvalue weighted by Crippen LogP contribution is -2.07. The fourth-order valence-electron chi connectivity index (χ4n) is 1.84. The van der Waals surface area contributed by atoms with Crippen LogP contribution in [0.2, 0.25) is 0 Å². The Kier molecular flexibility index (Phi) is 4.18. The molecule has 0 amide bonds. The number of hydrogen-bond acceptors (Lipinski definition) is 2. The second-order valence-corrected chi connectivity index (χ2v) is 4.31. The minimum absolute atomic E-state index is 0.807. The number of hydrogen-bond donors (Lipinski definition) is 1. The smallest absolute Gasteiger partial charge is 0.142 e. The van der Waals surface area contributed by atoms with Crippen molar-refractivity contribution >= 4 is 17.2 Å². The first kappa shape index (κ1) is 13.1. The highest BCUT2D eigenvalue weighted by molar-refractivity contribution is 5.96. The summed E-state index contributed by atoms with van der Waals surface area (Å²) in [5.74, 6) is 1.64. The molecule has 0 saturated carbocycles. The third-order valence-electron chi connectivity index (χ3n) is 2.83. The van der Waals surface area contributed by atoms with Crippen LogP contribution in [0.15, 0.2) is 53.5 Å². The maximum atomic E-state index is 5.30. The molecule has 3 heteroatoms. The number of ether oxygens (including phenoxy) is 1. The second kappa shape index (κ2) is 6.05. The van der Waals surface area contributed by atoms with Crippen LogP contribution in [-0.4, -0.2) is 12.9 Å². The summed E-state index contributed by atoms with van der Waals surface area (Å²) in [5, 5.41) is 3.26. The van der Waals surface area contributed by atoms with Gasteiger partial charge in [-0.15, -0.1) is 0 Å². The molecule has 0 unspecified atom stereocenters. The first-order chi connectivity index (χ1) is 9.20. The van der Waals surface area contributed by atoms with E-state index >= 15 is 0 Å². The number of benzene rings is 2. The molecule has 2 rings (SSSR count). The van der Waals surface area contributed by atoms with Crippen LogP contribution in [0.4, 0.5) is 11.4 Å². The molecule has 0 aliphatic heterocycles. The lowest BCUT2D eigenvalue weighted by molar-refractivity contribution is 0.417. The molecule has 0 saturated heterocycles. The maximum absolute atomic E-state index is 5.30. The molecule has 98 valence electrons. The molecule has 0 radical (unpaired) electrons. The zero-order chi connectivity index (χ0) is 13.7. The molecular weight excluding hydrogens is 236 g/mol. The first-order valence-electron chi connectivity index (χ1n) is 6.21. The molecule has 0 fully saturated rings. The highest BCUT2D eigenvalue weighted by Gasteiger charge is 2.02. The molecule has 0 spiro atoms. The molecule has 0 aliphatic carbocycles. The Morgan fingerprint density at radius 2 is 1.74 bits per heavy atom. The average Bonchev–Trinajstić information content (AvgIpc) is 2.42. The molecule has 0 atom stereocenters. The van der Waals surface area contributed by atoms with Crippen molar-refractivity contribution in [3.8, 4) is 5.75 Å². The van der Waals surface area contributed by atoms with Crippen molar-refractivity contribution in [2.24, 2.45) is 4.99 Å². The lowest BCUT2D eigenvalue weighted by Gasteiger charge is -2.10. The van der Waals surface area contributed by atoms with Crippen LogP contribution in [-0.2, 0) is 0 Å². The van der Waals surface area contributed by atoms with Gasteiger partial charge in [0, 0.05) is 0 Å². The maximum Gasteiger partial charge on any atom is 0.142 e. The Labute approximate surface area is 114 Å². The third-order valence-corrected chi connectivity index (χ3v) is 2.83. The highest BCUT2D eigenvalue weighted by Crippen LogP contribution is 2.24. The third kappa shape index (κ3) is 3.35.